The summed E-state index contributed by atoms with van der Waals surface area (Å²) in [6.45, 7) is 0. The number of urea groups is 2. The predicted octanol–water partition coefficient (Wildman–Crippen LogP) is 3.12. The maximum Gasteiger partial charge on any atom is 0.319 e. The normalized spacial score (nSPS) is 15.6. The Balaban J connectivity index is 1.52. The van der Waals surface area contributed by atoms with E-state index in [0.29, 0.717) is 11.4 Å². The lowest BCUT2D eigenvalue weighted by atomic mass is 9.88. The molecule has 0 heterocycles. The summed E-state index contributed by atoms with van der Waals surface area (Å²) in [5, 5.41) is 11.0. The van der Waals surface area contributed by atoms with Crippen molar-refractivity contribution in [3.8, 4) is 0 Å². The Morgan fingerprint density at radius 2 is 1.48 bits per heavy atom. The van der Waals surface area contributed by atoms with E-state index in [-0.39, 0.29) is 18.1 Å². The molecular formula is C19H22N4O2. The SMILES string of the molecule is CNC(=O)Nc1ccc(NC(=O)NC2CCc3ccccc3C2)cc1. The Hall–Kier alpha value is -3.02. The number of hydrogen-bond donors (Lipinski definition) is 4. The lowest BCUT2D eigenvalue weighted by Gasteiger charge is -2.25. The van der Waals surface area contributed by atoms with Gasteiger partial charge in [0, 0.05) is 24.5 Å². The van der Waals surface area contributed by atoms with Gasteiger partial charge < -0.3 is 21.3 Å². The molecule has 4 amide bonds. The summed E-state index contributed by atoms with van der Waals surface area (Å²) in [5.74, 6) is 0. The van der Waals surface area contributed by atoms with Crippen LogP contribution in [0, 0.1) is 0 Å². The molecule has 6 nitrogen and oxygen atoms in total. The van der Waals surface area contributed by atoms with Gasteiger partial charge in [-0.1, -0.05) is 24.3 Å². The average Bonchev–Trinajstić information content (AvgIpc) is 2.63. The first kappa shape index (κ1) is 16.8. The molecule has 130 valence electrons. The first-order valence-electron chi connectivity index (χ1n) is 8.37. The largest absolute Gasteiger partial charge is 0.341 e. The van der Waals surface area contributed by atoms with Gasteiger partial charge in [-0.25, -0.2) is 9.59 Å². The monoisotopic (exact) mass is 338 g/mol. The fourth-order valence-electron chi connectivity index (χ4n) is 3.00. The second-order valence-electron chi connectivity index (χ2n) is 6.09. The lowest BCUT2D eigenvalue weighted by molar-refractivity contribution is 0.247. The highest BCUT2D eigenvalue weighted by Crippen LogP contribution is 2.21. The minimum absolute atomic E-state index is 0.143. The van der Waals surface area contributed by atoms with E-state index in [1.165, 1.54) is 11.1 Å². The Bertz CT molecular complexity index is 758. The van der Waals surface area contributed by atoms with E-state index >= 15 is 0 Å². The quantitative estimate of drug-likeness (QED) is 0.693. The highest BCUT2D eigenvalue weighted by molar-refractivity contribution is 5.91. The summed E-state index contributed by atoms with van der Waals surface area (Å²) in [7, 11) is 1.55. The molecule has 4 N–H and O–H groups in total. The summed E-state index contributed by atoms with van der Waals surface area (Å²) >= 11 is 0. The minimum Gasteiger partial charge on any atom is -0.341 e. The van der Waals surface area contributed by atoms with Crippen molar-refractivity contribution in [2.75, 3.05) is 17.7 Å². The molecule has 6 heteroatoms. The maximum atomic E-state index is 12.2. The molecule has 1 atom stereocenters. The van der Waals surface area contributed by atoms with Crippen LogP contribution in [0.4, 0.5) is 21.0 Å². The highest BCUT2D eigenvalue weighted by atomic mass is 16.2. The van der Waals surface area contributed by atoms with Gasteiger partial charge in [0.2, 0.25) is 0 Å². The number of aryl methyl sites for hydroxylation is 1. The van der Waals surface area contributed by atoms with Gasteiger partial charge in [0.1, 0.15) is 0 Å². The number of rotatable bonds is 3. The van der Waals surface area contributed by atoms with Crippen LogP contribution in [-0.2, 0) is 12.8 Å². The molecule has 25 heavy (non-hydrogen) atoms. The van der Waals surface area contributed by atoms with Crippen molar-refractivity contribution in [3.63, 3.8) is 0 Å². The van der Waals surface area contributed by atoms with Gasteiger partial charge in [-0.2, -0.15) is 0 Å². The van der Waals surface area contributed by atoms with Crippen LogP contribution < -0.4 is 21.3 Å². The first-order chi connectivity index (χ1) is 12.1. The fourth-order valence-corrected chi connectivity index (χ4v) is 3.00. The van der Waals surface area contributed by atoms with Crippen molar-refractivity contribution >= 4 is 23.4 Å². The molecule has 0 spiro atoms. The zero-order valence-corrected chi connectivity index (χ0v) is 14.1. The van der Waals surface area contributed by atoms with Gasteiger partial charge >= 0.3 is 12.1 Å². The van der Waals surface area contributed by atoms with Crippen LogP contribution in [0.5, 0.6) is 0 Å². The second kappa shape index (κ2) is 7.70. The van der Waals surface area contributed by atoms with Crippen LogP contribution >= 0.6 is 0 Å². The second-order valence-corrected chi connectivity index (χ2v) is 6.09. The summed E-state index contributed by atoms with van der Waals surface area (Å²) in [4.78, 5) is 23.5. The van der Waals surface area contributed by atoms with E-state index in [2.05, 4.69) is 39.5 Å². The van der Waals surface area contributed by atoms with Crippen molar-refractivity contribution < 1.29 is 9.59 Å². The number of carbonyl (C=O) groups excluding carboxylic acids is 2. The number of amides is 4. The fraction of sp³-hybridized carbons (Fsp3) is 0.263. The molecule has 2 aromatic carbocycles. The number of anilines is 2. The van der Waals surface area contributed by atoms with Crippen LogP contribution in [-0.4, -0.2) is 25.2 Å². The van der Waals surface area contributed by atoms with Crippen LogP contribution in [0.3, 0.4) is 0 Å². The standard InChI is InChI=1S/C19H22N4O2/c1-20-18(24)21-15-8-10-16(11-9-15)22-19(25)23-17-7-6-13-4-2-3-5-14(13)12-17/h2-5,8-11,17H,6-7,12H2,1H3,(H2,20,21,24)(H2,22,23,25). The third kappa shape index (κ3) is 4.50. The molecule has 0 radical (unpaired) electrons. The van der Waals surface area contributed by atoms with Gasteiger partial charge in [-0.3, -0.25) is 0 Å². The molecule has 1 aliphatic rings. The third-order valence-electron chi connectivity index (χ3n) is 4.31. The number of nitrogens with one attached hydrogen (secondary N) is 4. The molecule has 0 saturated heterocycles. The number of benzene rings is 2. The Kier molecular flexibility index (Phi) is 5.18. The number of hydrogen-bond acceptors (Lipinski definition) is 2. The summed E-state index contributed by atoms with van der Waals surface area (Å²) in [5.41, 5.74) is 4.02. The molecule has 2 aromatic rings. The van der Waals surface area contributed by atoms with Crippen LogP contribution in [0.1, 0.15) is 17.5 Å². The van der Waals surface area contributed by atoms with Gasteiger partial charge in [0.05, 0.1) is 0 Å². The highest BCUT2D eigenvalue weighted by Gasteiger charge is 2.19. The van der Waals surface area contributed by atoms with E-state index < -0.39 is 0 Å². The van der Waals surface area contributed by atoms with Gasteiger partial charge in [0.25, 0.3) is 0 Å². The smallest absolute Gasteiger partial charge is 0.319 e. The predicted molar refractivity (Wildman–Crippen MR) is 98.9 cm³/mol. The van der Waals surface area contributed by atoms with Gasteiger partial charge in [-0.05, 0) is 54.7 Å². The average molecular weight is 338 g/mol. The third-order valence-corrected chi connectivity index (χ3v) is 4.31. The van der Waals surface area contributed by atoms with Crippen molar-refractivity contribution in [1.82, 2.24) is 10.6 Å². The zero-order valence-electron chi connectivity index (χ0n) is 14.1. The zero-order chi connectivity index (χ0) is 17.6. The van der Waals surface area contributed by atoms with Crippen molar-refractivity contribution in [2.24, 2.45) is 0 Å². The number of fused-ring (bicyclic) bond motifs is 1. The van der Waals surface area contributed by atoms with E-state index in [9.17, 15) is 9.59 Å². The van der Waals surface area contributed by atoms with Gasteiger partial charge in [-0.15, -0.1) is 0 Å². The number of carbonyl (C=O) groups is 2. The Labute approximate surface area is 147 Å². The molecule has 0 aliphatic heterocycles. The van der Waals surface area contributed by atoms with Crippen molar-refractivity contribution in [1.29, 1.82) is 0 Å². The molecule has 1 unspecified atom stereocenters. The minimum atomic E-state index is -0.281. The molecule has 1 aliphatic carbocycles. The molecule has 0 fully saturated rings. The maximum absolute atomic E-state index is 12.2. The summed E-state index contributed by atoms with van der Waals surface area (Å²) < 4.78 is 0. The summed E-state index contributed by atoms with van der Waals surface area (Å²) in [6.07, 6.45) is 2.79. The van der Waals surface area contributed by atoms with E-state index in [1.807, 2.05) is 6.07 Å². The molecule has 0 saturated carbocycles. The Morgan fingerprint density at radius 3 is 2.12 bits per heavy atom. The Morgan fingerprint density at radius 1 is 0.880 bits per heavy atom. The van der Waals surface area contributed by atoms with Gasteiger partial charge in [0.15, 0.2) is 0 Å². The topological polar surface area (TPSA) is 82.3 Å². The van der Waals surface area contributed by atoms with E-state index in [1.54, 1.807) is 31.3 Å². The van der Waals surface area contributed by atoms with E-state index in [0.717, 1.165) is 19.3 Å². The van der Waals surface area contributed by atoms with E-state index in [4.69, 9.17) is 0 Å². The van der Waals surface area contributed by atoms with Crippen LogP contribution in [0.15, 0.2) is 48.5 Å². The van der Waals surface area contributed by atoms with Crippen LogP contribution in [0.25, 0.3) is 0 Å². The lowest BCUT2D eigenvalue weighted by Crippen LogP contribution is -2.41. The van der Waals surface area contributed by atoms with Crippen molar-refractivity contribution in [3.05, 3.63) is 59.7 Å². The van der Waals surface area contributed by atoms with Crippen LogP contribution in [0.2, 0.25) is 0 Å². The first-order valence-corrected chi connectivity index (χ1v) is 8.37. The summed E-state index contributed by atoms with van der Waals surface area (Å²) in [6, 6.07) is 15.0. The molecular weight excluding hydrogens is 316 g/mol. The molecule has 3 rings (SSSR count). The van der Waals surface area contributed by atoms with Crippen molar-refractivity contribution in [2.45, 2.75) is 25.3 Å². The molecule has 0 bridgehead atoms. The molecule has 0 aromatic heterocycles.